The maximum atomic E-state index is 12.2. The van der Waals surface area contributed by atoms with Gasteiger partial charge in [0.1, 0.15) is 18.3 Å². The zero-order valence-electron chi connectivity index (χ0n) is 10.1. The maximum Gasteiger partial charge on any atom is 0.231 e. The van der Waals surface area contributed by atoms with Crippen LogP contribution >= 0.6 is 27.3 Å². The van der Waals surface area contributed by atoms with Gasteiger partial charge in [-0.15, -0.1) is 11.3 Å². The summed E-state index contributed by atoms with van der Waals surface area (Å²) >= 11 is 5.04. The van der Waals surface area contributed by atoms with Crippen LogP contribution in [0.25, 0.3) is 0 Å². The monoisotopic (exact) mass is 337 g/mol. The van der Waals surface area contributed by atoms with Crippen LogP contribution < -0.4 is 10.1 Å². The van der Waals surface area contributed by atoms with E-state index in [0.29, 0.717) is 13.2 Å². The van der Waals surface area contributed by atoms with Gasteiger partial charge in [0.25, 0.3) is 0 Å². The van der Waals surface area contributed by atoms with Crippen LogP contribution in [0, 0.1) is 0 Å². The lowest BCUT2D eigenvalue weighted by molar-refractivity contribution is -0.122. The summed E-state index contributed by atoms with van der Waals surface area (Å²) in [5, 5.41) is 2.97. The summed E-state index contributed by atoms with van der Waals surface area (Å²) in [5.74, 6) is 0.649. The van der Waals surface area contributed by atoms with Crippen molar-refractivity contribution in [3.8, 4) is 5.75 Å². The van der Waals surface area contributed by atoms with Crippen LogP contribution in [0.1, 0.15) is 16.4 Å². The lowest BCUT2D eigenvalue weighted by Crippen LogP contribution is -2.29. The lowest BCUT2D eigenvalue weighted by atomic mass is 10.0. The molecule has 1 aromatic heterocycles. The van der Waals surface area contributed by atoms with Crippen LogP contribution in [-0.4, -0.2) is 12.5 Å². The summed E-state index contributed by atoms with van der Waals surface area (Å²) in [4.78, 5) is 13.3. The number of amides is 1. The second-order valence-corrected chi connectivity index (χ2v) is 6.87. The number of ether oxygens (including phenoxy) is 1. The molecule has 1 unspecified atom stereocenters. The van der Waals surface area contributed by atoms with E-state index in [9.17, 15) is 4.79 Å². The molecule has 0 saturated carbocycles. The van der Waals surface area contributed by atoms with E-state index in [0.717, 1.165) is 20.0 Å². The van der Waals surface area contributed by atoms with Crippen molar-refractivity contribution in [2.45, 2.75) is 12.5 Å². The summed E-state index contributed by atoms with van der Waals surface area (Å²) < 4.78 is 6.60. The van der Waals surface area contributed by atoms with Gasteiger partial charge in [-0.1, -0.05) is 18.2 Å². The molecule has 0 fully saturated rings. The Hall–Kier alpha value is -1.33. The number of thiophene rings is 1. The van der Waals surface area contributed by atoms with Crippen molar-refractivity contribution < 1.29 is 9.53 Å². The fourth-order valence-electron chi connectivity index (χ4n) is 2.12. The molecule has 0 radical (unpaired) electrons. The predicted molar refractivity (Wildman–Crippen MR) is 78.5 cm³/mol. The van der Waals surface area contributed by atoms with E-state index < -0.39 is 0 Å². The molecule has 1 aromatic carbocycles. The second-order valence-electron chi connectivity index (χ2n) is 4.33. The third-order valence-electron chi connectivity index (χ3n) is 3.08. The van der Waals surface area contributed by atoms with Gasteiger partial charge in [0, 0.05) is 10.4 Å². The molecule has 2 aromatic rings. The Bertz CT molecular complexity index is 611. The van der Waals surface area contributed by atoms with Crippen molar-refractivity contribution in [3.05, 3.63) is 50.6 Å². The molecule has 1 amide bonds. The number of carbonyl (C=O) groups is 1. The Kier molecular flexibility index (Phi) is 3.57. The van der Waals surface area contributed by atoms with Gasteiger partial charge >= 0.3 is 0 Å². The first-order valence-electron chi connectivity index (χ1n) is 5.97. The molecule has 3 nitrogen and oxygen atoms in total. The summed E-state index contributed by atoms with van der Waals surface area (Å²) in [6, 6.07) is 11.7. The number of nitrogens with one attached hydrogen (secondary N) is 1. The van der Waals surface area contributed by atoms with Gasteiger partial charge in [0.05, 0.1) is 10.3 Å². The van der Waals surface area contributed by atoms with Crippen molar-refractivity contribution in [1.29, 1.82) is 0 Å². The normalized spacial score (nSPS) is 16.8. The molecular formula is C14H12BrNO2S. The first kappa shape index (κ1) is 12.7. The SMILES string of the molecule is O=C(NCc1ccc(Br)s1)C1COc2ccccc21. The van der Waals surface area contributed by atoms with Crippen LogP contribution in [-0.2, 0) is 11.3 Å². The van der Waals surface area contributed by atoms with Gasteiger partial charge in [0.15, 0.2) is 0 Å². The number of hydrogen-bond acceptors (Lipinski definition) is 3. The van der Waals surface area contributed by atoms with E-state index in [1.54, 1.807) is 11.3 Å². The summed E-state index contributed by atoms with van der Waals surface area (Å²) in [7, 11) is 0. The Morgan fingerprint density at radius 3 is 3.00 bits per heavy atom. The van der Waals surface area contributed by atoms with E-state index in [2.05, 4.69) is 21.2 Å². The molecule has 0 bridgehead atoms. The number of benzene rings is 1. The third-order valence-corrected chi connectivity index (χ3v) is 4.71. The molecule has 0 saturated heterocycles. The number of fused-ring (bicyclic) bond motifs is 1. The van der Waals surface area contributed by atoms with Crippen molar-refractivity contribution in [3.63, 3.8) is 0 Å². The van der Waals surface area contributed by atoms with Crippen molar-refractivity contribution in [1.82, 2.24) is 5.32 Å². The molecule has 0 aliphatic carbocycles. The number of carbonyl (C=O) groups excluding carboxylic acids is 1. The highest BCUT2D eigenvalue weighted by molar-refractivity contribution is 9.11. The second kappa shape index (κ2) is 5.35. The molecule has 2 heterocycles. The number of rotatable bonds is 3. The first-order valence-corrected chi connectivity index (χ1v) is 7.58. The third kappa shape index (κ3) is 2.67. The molecule has 3 rings (SSSR count). The predicted octanol–water partition coefficient (Wildman–Crippen LogP) is 3.30. The van der Waals surface area contributed by atoms with Crippen LogP contribution in [0.3, 0.4) is 0 Å². The lowest BCUT2D eigenvalue weighted by Gasteiger charge is -2.09. The largest absolute Gasteiger partial charge is 0.492 e. The smallest absolute Gasteiger partial charge is 0.231 e. The topological polar surface area (TPSA) is 38.3 Å². The van der Waals surface area contributed by atoms with Crippen LogP contribution in [0.4, 0.5) is 0 Å². The molecule has 1 aliphatic rings. The average Bonchev–Trinajstić information content (AvgIpc) is 3.02. The Morgan fingerprint density at radius 1 is 1.37 bits per heavy atom. The quantitative estimate of drug-likeness (QED) is 0.933. The van der Waals surface area contributed by atoms with Crippen LogP contribution in [0.15, 0.2) is 40.2 Å². The number of hydrogen-bond donors (Lipinski definition) is 1. The fourth-order valence-corrected chi connectivity index (χ4v) is 3.55. The van der Waals surface area contributed by atoms with E-state index in [1.807, 2.05) is 36.4 Å². The van der Waals surface area contributed by atoms with Crippen molar-refractivity contribution in [2.75, 3.05) is 6.61 Å². The molecule has 5 heteroatoms. The Labute approximate surface area is 123 Å². The van der Waals surface area contributed by atoms with E-state index in [1.165, 1.54) is 0 Å². The summed E-state index contributed by atoms with van der Waals surface area (Å²) in [5.41, 5.74) is 0.979. The standard InChI is InChI=1S/C14H12BrNO2S/c15-13-6-5-9(19-13)7-16-14(17)11-8-18-12-4-2-1-3-10(11)12/h1-6,11H,7-8H2,(H,16,17). The molecule has 1 atom stereocenters. The minimum atomic E-state index is -0.195. The van der Waals surface area contributed by atoms with E-state index in [4.69, 9.17) is 4.74 Å². The minimum Gasteiger partial charge on any atom is -0.492 e. The highest BCUT2D eigenvalue weighted by Gasteiger charge is 2.29. The zero-order valence-corrected chi connectivity index (χ0v) is 12.5. The van der Waals surface area contributed by atoms with Gasteiger partial charge in [-0.25, -0.2) is 0 Å². The molecule has 19 heavy (non-hydrogen) atoms. The Morgan fingerprint density at radius 2 is 2.21 bits per heavy atom. The van der Waals surface area contributed by atoms with Gasteiger partial charge in [-0.3, -0.25) is 4.79 Å². The highest BCUT2D eigenvalue weighted by Crippen LogP contribution is 2.33. The molecular weight excluding hydrogens is 326 g/mol. The molecule has 1 N–H and O–H groups in total. The van der Waals surface area contributed by atoms with Gasteiger partial charge in [0.2, 0.25) is 5.91 Å². The average molecular weight is 338 g/mol. The minimum absolute atomic E-state index is 0.0227. The molecule has 1 aliphatic heterocycles. The first-order chi connectivity index (χ1) is 9.24. The fraction of sp³-hybridized carbons (Fsp3) is 0.214. The van der Waals surface area contributed by atoms with E-state index in [-0.39, 0.29) is 11.8 Å². The maximum absolute atomic E-state index is 12.2. The molecule has 98 valence electrons. The molecule has 0 spiro atoms. The van der Waals surface area contributed by atoms with Crippen LogP contribution in [0.2, 0.25) is 0 Å². The zero-order chi connectivity index (χ0) is 13.2. The van der Waals surface area contributed by atoms with Gasteiger partial charge in [-0.05, 0) is 34.1 Å². The number of para-hydroxylation sites is 1. The Balaban J connectivity index is 1.66. The van der Waals surface area contributed by atoms with Crippen LogP contribution in [0.5, 0.6) is 5.75 Å². The summed E-state index contributed by atoms with van der Waals surface area (Å²) in [6.07, 6.45) is 0. The van der Waals surface area contributed by atoms with Gasteiger partial charge in [-0.2, -0.15) is 0 Å². The van der Waals surface area contributed by atoms with Crippen molar-refractivity contribution >= 4 is 33.2 Å². The number of halogens is 1. The van der Waals surface area contributed by atoms with Crippen molar-refractivity contribution in [2.24, 2.45) is 0 Å². The highest BCUT2D eigenvalue weighted by atomic mass is 79.9. The van der Waals surface area contributed by atoms with E-state index >= 15 is 0 Å². The van der Waals surface area contributed by atoms with Gasteiger partial charge < -0.3 is 10.1 Å². The summed E-state index contributed by atoms with van der Waals surface area (Å²) in [6.45, 7) is 0.993.